The maximum absolute atomic E-state index is 13.5. The molecule has 6 heteroatoms. The zero-order chi connectivity index (χ0) is 25.9. The number of nitrogens with one attached hydrogen (secondary N) is 1. The highest BCUT2D eigenvalue weighted by atomic mass is 32.2. The summed E-state index contributed by atoms with van der Waals surface area (Å²) in [6.07, 6.45) is 0.856. The standard InChI is InChI=1S/C31H37N3OS2/c1-25-11-9-10-16-30(25)37-26(2)32-31(35)34(20-19-33-21-23-36-24-22-33)18-17-29(27-12-5-3-6-13-27)28-14-7-4-8-15-28/h3-16,29H,2,17-24H2,1H3,(H,32,35). The van der Waals surface area contributed by atoms with E-state index in [1.165, 1.54) is 40.0 Å². The fourth-order valence-electron chi connectivity index (χ4n) is 4.61. The third-order valence-electron chi connectivity index (χ3n) is 6.74. The highest BCUT2D eigenvalue weighted by molar-refractivity contribution is 8.03. The fourth-order valence-corrected chi connectivity index (χ4v) is 6.37. The molecular weight excluding hydrogens is 494 g/mol. The number of urea groups is 1. The molecule has 4 rings (SSSR count). The van der Waals surface area contributed by atoms with E-state index in [1.807, 2.05) is 28.8 Å². The van der Waals surface area contributed by atoms with Crippen molar-refractivity contribution in [3.8, 4) is 0 Å². The normalized spacial score (nSPS) is 13.9. The van der Waals surface area contributed by atoms with Crippen LogP contribution in [0.3, 0.4) is 0 Å². The van der Waals surface area contributed by atoms with Gasteiger partial charge in [0.25, 0.3) is 0 Å². The first-order valence-electron chi connectivity index (χ1n) is 13.0. The van der Waals surface area contributed by atoms with Crippen LogP contribution < -0.4 is 5.32 Å². The summed E-state index contributed by atoms with van der Waals surface area (Å²) in [6.45, 7) is 10.7. The van der Waals surface area contributed by atoms with Gasteiger partial charge in [0.05, 0.1) is 5.03 Å². The number of amides is 2. The average molecular weight is 532 g/mol. The van der Waals surface area contributed by atoms with E-state index in [4.69, 9.17) is 0 Å². The molecule has 0 aliphatic carbocycles. The van der Waals surface area contributed by atoms with Crippen molar-refractivity contribution >= 4 is 29.6 Å². The van der Waals surface area contributed by atoms with E-state index in [9.17, 15) is 4.79 Å². The number of aryl methyl sites for hydroxylation is 1. The number of benzene rings is 3. The zero-order valence-electron chi connectivity index (χ0n) is 21.6. The molecule has 1 saturated heterocycles. The number of hydrogen-bond acceptors (Lipinski definition) is 4. The van der Waals surface area contributed by atoms with E-state index in [1.54, 1.807) is 0 Å². The van der Waals surface area contributed by atoms with Crippen molar-refractivity contribution in [2.45, 2.75) is 24.2 Å². The molecular formula is C31H37N3OS2. The van der Waals surface area contributed by atoms with Crippen LogP contribution in [0, 0.1) is 6.92 Å². The molecule has 1 N–H and O–H groups in total. The summed E-state index contributed by atoms with van der Waals surface area (Å²) < 4.78 is 0. The van der Waals surface area contributed by atoms with E-state index in [0.717, 1.165) is 31.0 Å². The van der Waals surface area contributed by atoms with Crippen molar-refractivity contribution < 1.29 is 4.79 Å². The molecule has 0 unspecified atom stereocenters. The van der Waals surface area contributed by atoms with Crippen molar-refractivity contribution in [2.75, 3.05) is 44.2 Å². The Bertz CT molecular complexity index is 1090. The van der Waals surface area contributed by atoms with Crippen molar-refractivity contribution in [2.24, 2.45) is 0 Å². The lowest BCUT2D eigenvalue weighted by Gasteiger charge is -2.31. The fraction of sp³-hybridized carbons (Fsp3) is 0.323. The van der Waals surface area contributed by atoms with Gasteiger partial charge < -0.3 is 10.2 Å². The maximum Gasteiger partial charge on any atom is 0.322 e. The van der Waals surface area contributed by atoms with Gasteiger partial charge in [0, 0.05) is 55.0 Å². The number of rotatable bonds is 11. The number of carbonyl (C=O) groups is 1. The molecule has 194 valence electrons. The minimum Gasteiger partial charge on any atom is -0.323 e. The molecule has 1 heterocycles. The highest BCUT2D eigenvalue weighted by Gasteiger charge is 2.21. The van der Waals surface area contributed by atoms with Gasteiger partial charge in [0.1, 0.15) is 0 Å². The Hall–Kier alpha value is -2.67. The Morgan fingerprint density at radius 2 is 1.54 bits per heavy atom. The van der Waals surface area contributed by atoms with E-state index in [-0.39, 0.29) is 11.9 Å². The molecule has 0 aromatic heterocycles. The predicted octanol–water partition coefficient (Wildman–Crippen LogP) is 6.84. The lowest BCUT2D eigenvalue weighted by atomic mass is 9.88. The summed E-state index contributed by atoms with van der Waals surface area (Å²) in [5.41, 5.74) is 3.74. The summed E-state index contributed by atoms with van der Waals surface area (Å²) in [7, 11) is 0. The minimum atomic E-state index is -0.0719. The maximum atomic E-state index is 13.5. The first-order chi connectivity index (χ1) is 18.1. The van der Waals surface area contributed by atoms with E-state index in [2.05, 4.69) is 96.5 Å². The second-order valence-corrected chi connectivity index (χ2v) is 11.7. The zero-order valence-corrected chi connectivity index (χ0v) is 23.3. The lowest BCUT2D eigenvalue weighted by molar-refractivity contribution is 0.186. The average Bonchev–Trinajstić information content (AvgIpc) is 2.93. The van der Waals surface area contributed by atoms with Gasteiger partial charge in [-0.2, -0.15) is 11.8 Å². The summed E-state index contributed by atoms with van der Waals surface area (Å²) in [6, 6.07) is 29.4. The molecule has 1 aliphatic rings. The number of hydrogen-bond donors (Lipinski definition) is 1. The van der Waals surface area contributed by atoms with Gasteiger partial charge in [-0.05, 0) is 36.1 Å². The number of nitrogens with zero attached hydrogens (tertiary/aromatic N) is 2. The van der Waals surface area contributed by atoms with Crippen LogP contribution in [0.15, 0.2) is 101 Å². The third kappa shape index (κ3) is 8.42. The van der Waals surface area contributed by atoms with E-state index < -0.39 is 0 Å². The molecule has 0 spiro atoms. The molecule has 0 saturated carbocycles. The largest absolute Gasteiger partial charge is 0.323 e. The Morgan fingerprint density at radius 3 is 2.16 bits per heavy atom. The Kier molecular flexibility index (Phi) is 10.6. The van der Waals surface area contributed by atoms with Crippen molar-refractivity contribution in [3.05, 3.63) is 113 Å². The molecule has 0 bridgehead atoms. The quantitative estimate of drug-likeness (QED) is 0.275. The molecule has 1 aliphatic heterocycles. The molecule has 0 atom stereocenters. The van der Waals surface area contributed by atoms with Crippen LogP contribution >= 0.6 is 23.5 Å². The first kappa shape index (κ1) is 27.4. The monoisotopic (exact) mass is 531 g/mol. The number of thioether (sulfide) groups is 2. The SMILES string of the molecule is C=C(NC(=O)N(CCC(c1ccccc1)c1ccccc1)CCN1CCSCC1)Sc1ccccc1C. The van der Waals surface area contributed by atoms with Crippen LogP contribution in [-0.4, -0.2) is 60.1 Å². The first-order valence-corrected chi connectivity index (χ1v) is 15.0. The summed E-state index contributed by atoms with van der Waals surface area (Å²) in [4.78, 5) is 19.1. The molecule has 3 aromatic carbocycles. The van der Waals surface area contributed by atoms with Gasteiger partial charge in [-0.25, -0.2) is 4.79 Å². The molecule has 3 aromatic rings. The number of carbonyl (C=O) groups excluding carboxylic acids is 1. The Balaban J connectivity index is 1.45. The second kappa shape index (κ2) is 14.3. The minimum absolute atomic E-state index is 0.0719. The van der Waals surface area contributed by atoms with Gasteiger partial charge in [-0.15, -0.1) is 0 Å². The molecule has 4 nitrogen and oxygen atoms in total. The van der Waals surface area contributed by atoms with Crippen LogP contribution in [0.2, 0.25) is 0 Å². The predicted molar refractivity (Wildman–Crippen MR) is 159 cm³/mol. The van der Waals surface area contributed by atoms with Crippen molar-refractivity contribution in [1.82, 2.24) is 15.1 Å². The van der Waals surface area contributed by atoms with Crippen LogP contribution in [0.1, 0.15) is 29.0 Å². The highest BCUT2D eigenvalue weighted by Crippen LogP contribution is 2.29. The summed E-state index contributed by atoms with van der Waals surface area (Å²) in [5.74, 6) is 2.56. The van der Waals surface area contributed by atoms with Crippen molar-refractivity contribution in [1.29, 1.82) is 0 Å². The van der Waals surface area contributed by atoms with Gasteiger partial charge in [0.15, 0.2) is 0 Å². The van der Waals surface area contributed by atoms with Crippen LogP contribution in [0.4, 0.5) is 4.79 Å². The topological polar surface area (TPSA) is 35.6 Å². The van der Waals surface area contributed by atoms with Crippen LogP contribution in [0.25, 0.3) is 0 Å². The van der Waals surface area contributed by atoms with Crippen LogP contribution in [-0.2, 0) is 0 Å². The Labute approximate surface area is 230 Å². The van der Waals surface area contributed by atoms with Gasteiger partial charge in [0.2, 0.25) is 0 Å². The van der Waals surface area contributed by atoms with Gasteiger partial charge >= 0.3 is 6.03 Å². The van der Waals surface area contributed by atoms with Gasteiger partial charge in [-0.3, -0.25) is 4.90 Å². The lowest BCUT2D eigenvalue weighted by Crippen LogP contribution is -2.45. The summed E-state index contributed by atoms with van der Waals surface area (Å²) in [5, 5.41) is 3.73. The van der Waals surface area contributed by atoms with Gasteiger partial charge in [-0.1, -0.05) is 97.2 Å². The molecule has 0 radical (unpaired) electrons. The second-order valence-electron chi connectivity index (χ2n) is 9.32. The molecule has 1 fully saturated rings. The van der Waals surface area contributed by atoms with Crippen LogP contribution in [0.5, 0.6) is 0 Å². The van der Waals surface area contributed by atoms with E-state index in [0.29, 0.717) is 18.1 Å². The van der Waals surface area contributed by atoms with Crippen molar-refractivity contribution in [3.63, 3.8) is 0 Å². The Morgan fingerprint density at radius 1 is 0.946 bits per heavy atom. The summed E-state index contributed by atoms with van der Waals surface area (Å²) >= 11 is 3.52. The smallest absolute Gasteiger partial charge is 0.322 e. The van der Waals surface area contributed by atoms with E-state index >= 15 is 0 Å². The molecule has 2 amide bonds. The molecule has 37 heavy (non-hydrogen) atoms. The third-order valence-corrected chi connectivity index (χ3v) is 8.71.